The first-order valence-corrected chi connectivity index (χ1v) is 32.9. The predicted molar refractivity (Wildman–Crippen MR) is 321 cm³/mol. The Hall–Kier alpha value is -4.38. The van der Waals surface area contributed by atoms with E-state index in [1.807, 2.05) is 47.6 Å². The van der Waals surface area contributed by atoms with E-state index in [4.69, 9.17) is 43.0 Å². The normalized spacial score (nSPS) is 45.9. The van der Waals surface area contributed by atoms with Crippen LogP contribution in [0.25, 0.3) is 24.3 Å². The number of aliphatic hydroxyl groups excluding tert-OH is 2. The van der Waals surface area contributed by atoms with E-state index in [1.165, 1.54) is 15.3 Å². The van der Waals surface area contributed by atoms with E-state index in [0.717, 1.165) is 28.8 Å². The highest BCUT2D eigenvalue weighted by Crippen LogP contribution is 2.77. The van der Waals surface area contributed by atoms with Crippen LogP contribution >= 0.6 is 11.3 Å². The number of ether oxygens (including phenoxy) is 8. The molecular weight excluding hydrogens is 1150 g/mol. The zero-order valence-corrected chi connectivity index (χ0v) is 52.6. The summed E-state index contributed by atoms with van der Waals surface area (Å²) in [7, 11) is 0. The standard InChI is InChI=1S/C35H42F2N2O5.C34H42F2N2O5S/c1-21-7-5-8-23(11-21)9-6-10-39-17-24-15-31(3)27(14-29(24)38-39)28(36)13-26-25-12-22(2)35(32(25,4)16-30(40)34(26,31)37)33(43-20-44-35)18-41-19-42-33;1-5-22-8-9-23(44-22)7-6-10-38-28-13-26-27(35)12-25-24-11-20(2)34(32(42-19-43-34)17-40-18-41-32)31(24,4)15-29(39)33(25,36)30(26,3)14-21(28)16-37-38/h5-9,11,14,17,22,25-26,28,30,40H,10,12-13,15-16,18-20H2,1-4H3;6-9,13,16,20,24-25,27,29,39H,5,10-12,14-15,17-19H2,1-4H3/b9-6+;7-6+/t22-,25-,26-,28-,30-,31-,32-,33?,34-,35+;20-,24-,25-,27-,29-,30-,31-,32?,33-,34+/m00/s1. The average molecular weight is 1240 g/mol. The predicted octanol–water partition coefficient (Wildman–Crippen LogP) is 11.9. The SMILES string of the molecule is CCc1ccc(/C=C/Cn2ncc3c2C=C2[C@@H](F)C[C@H]4[C@@H]5C[C@H](C)[C@@]6(OCOC67COCO7)[C@@]5(C)C[C@H](O)[C@]4(F)[C@@]2(C)C3)s1.Cc1cccc(/C=C/Cn2cc3c(n2)C=C2[C@@H](F)C[C@H]4[C@@H]5C[C@H](C)[C@@]6(OCOC67COCO7)[C@@]5(C)C[C@H](O)[C@]4(F)[C@@]2(C)C3)c1. The third-order valence-electron chi connectivity index (χ3n) is 25.1. The van der Waals surface area contributed by atoms with Gasteiger partial charge < -0.3 is 48.1 Å². The minimum atomic E-state index is -2.03. The Balaban J connectivity index is 0.000000148. The lowest BCUT2D eigenvalue weighted by molar-refractivity contribution is -0.281. The van der Waals surface area contributed by atoms with Crippen molar-refractivity contribution in [3.05, 3.63) is 115 Å². The number of benzene rings is 1. The molecule has 2 unspecified atom stereocenters. The molecule has 4 saturated heterocycles. The van der Waals surface area contributed by atoms with Crippen LogP contribution in [-0.2, 0) is 70.2 Å². The van der Waals surface area contributed by atoms with E-state index >= 15 is 17.6 Å². The van der Waals surface area contributed by atoms with Crippen LogP contribution in [0, 0.1) is 64.1 Å². The van der Waals surface area contributed by atoms with Gasteiger partial charge in [-0.1, -0.05) is 96.5 Å². The zero-order chi connectivity index (χ0) is 61.4. The summed E-state index contributed by atoms with van der Waals surface area (Å²) >= 11 is 1.77. The zero-order valence-electron chi connectivity index (χ0n) is 51.7. The molecule has 88 heavy (non-hydrogen) atoms. The van der Waals surface area contributed by atoms with Gasteiger partial charge in [0.1, 0.15) is 48.1 Å². The summed E-state index contributed by atoms with van der Waals surface area (Å²) < 4.78 is 122. The minimum Gasteiger partial charge on any atom is -0.390 e. The highest BCUT2D eigenvalue weighted by atomic mass is 32.1. The van der Waals surface area contributed by atoms with E-state index in [1.54, 1.807) is 23.6 Å². The van der Waals surface area contributed by atoms with Crippen molar-refractivity contribution in [1.82, 2.24) is 19.6 Å². The van der Waals surface area contributed by atoms with Crippen molar-refractivity contribution in [2.45, 2.75) is 185 Å². The summed E-state index contributed by atoms with van der Waals surface area (Å²) in [5.41, 5.74) is -3.31. The van der Waals surface area contributed by atoms with Crippen molar-refractivity contribution in [3.63, 3.8) is 0 Å². The van der Waals surface area contributed by atoms with E-state index in [-0.39, 0.29) is 103 Å². The molecule has 4 aliphatic heterocycles. The van der Waals surface area contributed by atoms with Crippen LogP contribution < -0.4 is 0 Å². The number of nitrogens with zero attached hydrogens (tertiary/aromatic N) is 4. The molecule has 3 aromatic heterocycles. The quantitative estimate of drug-likeness (QED) is 0.170. The van der Waals surface area contributed by atoms with E-state index < -0.39 is 92.2 Å². The van der Waals surface area contributed by atoms with Crippen LogP contribution in [0.3, 0.4) is 0 Å². The highest BCUT2D eigenvalue weighted by Gasteiger charge is 2.84. The molecule has 2 N–H and O–H groups in total. The monoisotopic (exact) mass is 1240 g/mol. The largest absolute Gasteiger partial charge is 0.390 e. The fraction of sp³-hybridized carbons (Fsp3) is 0.652. The van der Waals surface area contributed by atoms with Gasteiger partial charge in [-0.2, -0.15) is 10.2 Å². The summed E-state index contributed by atoms with van der Waals surface area (Å²) in [6.45, 7) is 17.9. The summed E-state index contributed by atoms with van der Waals surface area (Å²) in [6.07, 6.45) is 13.5. The highest BCUT2D eigenvalue weighted by molar-refractivity contribution is 7.12. The van der Waals surface area contributed by atoms with Gasteiger partial charge in [0.25, 0.3) is 0 Å². The number of alkyl halides is 4. The van der Waals surface area contributed by atoms with Gasteiger partial charge in [-0.3, -0.25) is 9.36 Å². The van der Waals surface area contributed by atoms with Gasteiger partial charge in [0, 0.05) is 49.4 Å². The third kappa shape index (κ3) is 7.75. The van der Waals surface area contributed by atoms with Gasteiger partial charge in [-0.05, 0) is 147 Å². The second-order valence-corrected chi connectivity index (χ2v) is 30.2. The number of aromatic nitrogens is 4. The Kier molecular flexibility index (Phi) is 14.0. The lowest BCUT2D eigenvalue weighted by Gasteiger charge is -2.64. The lowest BCUT2D eigenvalue weighted by atomic mass is 9.43. The van der Waals surface area contributed by atoms with Gasteiger partial charge in [-0.25, -0.2) is 17.6 Å². The molecule has 0 amide bonds. The lowest BCUT2D eigenvalue weighted by Crippen LogP contribution is -2.73. The van der Waals surface area contributed by atoms with Crippen molar-refractivity contribution in [3.8, 4) is 0 Å². The van der Waals surface area contributed by atoms with E-state index in [2.05, 4.69) is 95.2 Å². The summed E-state index contributed by atoms with van der Waals surface area (Å²) in [5.74, 6) is -4.23. The van der Waals surface area contributed by atoms with Crippen molar-refractivity contribution in [1.29, 1.82) is 0 Å². The summed E-state index contributed by atoms with van der Waals surface area (Å²) in [4.78, 5) is 2.52. The molecule has 19 heteroatoms. The molecule has 474 valence electrons. The molecule has 16 rings (SSSR count). The minimum absolute atomic E-state index is 0.0124. The van der Waals surface area contributed by atoms with Gasteiger partial charge in [0.2, 0.25) is 11.6 Å². The third-order valence-corrected chi connectivity index (χ3v) is 26.3. The van der Waals surface area contributed by atoms with Crippen LogP contribution in [0.1, 0.15) is 130 Å². The number of allylic oxidation sites excluding steroid dienone is 4. The molecule has 0 radical (unpaired) electrons. The topological polar surface area (TPSA) is 150 Å². The van der Waals surface area contributed by atoms with Gasteiger partial charge in [-0.15, -0.1) is 11.3 Å². The van der Waals surface area contributed by atoms with Crippen LogP contribution in [0.2, 0.25) is 0 Å². The molecule has 8 aliphatic carbocycles. The average Bonchev–Trinajstić information content (AvgIpc) is 1.38. The molecule has 12 aliphatic rings. The molecule has 6 saturated carbocycles. The van der Waals surface area contributed by atoms with Gasteiger partial charge in [0.05, 0.1) is 42.9 Å². The first kappa shape index (κ1) is 59.9. The van der Waals surface area contributed by atoms with Crippen LogP contribution in [-0.4, -0.2) is 129 Å². The maximum atomic E-state index is 18.2. The molecule has 4 aromatic rings. The van der Waals surface area contributed by atoms with Crippen molar-refractivity contribution >= 4 is 35.6 Å². The Labute approximate surface area is 516 Å². The van der Waals surface area contributed by atoms with E-state index in [9.17, 15) is 10.2 Å². The summed E-state index contributed by atoms with van der Waals surface area (Å²) in [5, 5.41) is 33.4. The number of halogens is 4. The fourth-order valence-electron chi connectivity index (χ4n) is 21.5. The first-order valence-electron chi connectivity index (χ1n) is 32.1. The molecule has 0 bridgehead atoms. The maximum absolute atomic E-state index is 18.2. The van der Waals surface area contributed by atoms with Crippen LogP contribution in [0.4, 0.5) is 17.6 Å². The molecule has 14 nitrogen and oxygen atoms in total. The number of hydrogen-bond acceptors (Lipinski definition) is 13. The Morgan fingerprint density at radius 3 is 1.81 bits per heavy atom. The van der Waals surface area contributed by atoms with Gasteiger partial charge in [0.15, 0.2) is 27.2 Å². The maximum Gasteiger partial charge on any atom is 0.227 e. The molecule has 10 fully saturated rings. The number of rotatable bonds is 7. The molecular formula is C69H84F4N4O10S. The second-order valence-electron chi connectivity index (χ2n) is 29.0. The molecule has 7 heterocycles. The summed E-state index contributed by atoms with van der Waals surface area (Å²) in [6, 6.07) is 12.5. The molecule has 20 atom stereocenters. The Morgan fingerprint density at radius 1 is 0.682 bits per heavy atom. The Bertz CT molecular complexity index is 3530. The van der Waals surface area contributed by atoms with Gasteiger partial charge >= 0.3 is 0 Å². The van der Waals surface area contributed by atoms with Crippen LogP contribution in [0.15, 0.2) is 72.1 Å². The number of hydrogen-bond donors (Lipinski definition) is 2. The van der Waals surface area contributed by atoms with E-state index in [0.29, 0.717) is 42.8 Å². The van der Waals surface area contributed by atoms with Crippen molar-refractivity contribution < 1.29 is 65.7 Å². The number of aryl methyl sites for hydroxylation is 2. The fourth-order valence-corrected chi connectivity index (χ4v) is 22.4. The van der Waals surface area contributed by atoms with Crippen molar-refractivity contribution in [2.75, 3.05) is 40.4 Å². The smallest absolute Gasteiger partial charge is 0.227 e. The van der Waals surface area contributed by atoms with Crippen molar-refractivity contribution in [2.24, 2.45) is 57.2 Å². The number of aliphatic hydroxyl groups is 2. The van der Waals surface area contributed by atoms with Crippen LogP contribution in [0.5, 0.6) is 0 Å². The Morgan fingerprint density at radius 2 is 1.25 bits per heavy atom. The number of thiophene rings is 1. The molecule has 1 aromatic carbocycles. The second kappa shape index (κ2) is 20.6. The molecule has 4 spiro atoms. The number of fused-ring (bicyclic) bond motifs is 16. The first-order chi connectivity index (χ1) is 42.0.